The first-order chi connectivity index (χ1) is 8.33. The van der Waals surface area contributed by atoms with Crippen molar-refractivity contribution in [3.63, 3.8) is 0 Å². The quantitative estimate of drug-likeness (QED) is 0.850. The molecule has 0 saturated heterocycles. The highest BCUT2D eigenvalue weighted by molar-refractivity contribution is 5.78. The summed E-state index contributed by atoms with van der Waals surface area (Å²) < 4.78 is 0. The van der Waals surface area contributed by atoms with E-state index in [4.69, 9.17) is 4.98 Å². The standard InChI is InChI=1S/C15H20N2/c1-3-13(16-4-2)11-14-10-9-12-7-5-6-8-15(12)17-14/h5-10,13,16H,3-4,11H2,1-2H3. The van der Waals surface area contributed by atoms with E-state index in [1.165, 1.54) is 11.1 Å². The third kappa shape index (κ3) is 3.04. The average Bonchev–Trinajstić information content (AvgIpc) is 2.38. The van der Waals surface area contributed by atoms with Crippen LogP contribution in [0.1, 0.15) is 26.0 Å². The van der Waals surface area contributed by atoms with Crippen LogP contribution in [-0.2, 0) is 6.42 Å². The minimum atomic E-state index is 0.536. The van der Waals surface area contributed by atoms with Gasteiger partial charge in [0.25, 0.3) is 0 Å². The van der Waals surface area contributed by atoms with Crippen LogP contribution in [0.5, 0.6) is 0 Å². The first-order valence-corrected chi connectivity index (χ1v) is 6.41. The van der Waals surface area contributed by atoms with Gasteiger partial charge in [0.15, 0.2) is 0 Å². The minimum absolute atomic E-state index is 0.536. The molecule has 0 aliphatic rings. The third-order valence-electron chi connectivity index (χ3n) is 3.10. The molecule has 17 heavy (non-hydrogen) atoms. The molecule has 90 valence electrons. The van der Waals surface area contributed by atoms with Crippen LogP contribution in [0.25, 0.3) is 10.9 Å². The second kappa shape index (κ2) is 5.78. The van der Waals surface area contributed by atoms with Gasteiger partial charge in [-0.05, 0) is 25.1 Å². The molecule has 1 atom stereocenters. The highest BCUT2D eigenvalue weighted by atomic mass is 14.9. The maximum Gasteiger partial charge on any atom is 0.0705 e. The lowest BCUT2D eigenvalue weighted by atomic mass is 10.1. The first-order valence-electron chi connectivity index (χ1n) is 6.41. The van der Waals surface area contributed by atoms with Crippen LogP contribution in [0.4, 0.5) is 0 Å². The van der Waals surface area contributed by atoms with Crippen LogP contribution in [0, 0.1) is 0 Å². The van der Waals surface area contributed by atoms with Crippen molar-refractivity contribution in [2.75, 3.05) is 6.54 Å². The Hall–Kier alpha value is -1.41. The molecule has 1 aromatic heterocycles. The molecule has 0 aliphatic heterocycles. The van der Waals surface area contributed by atoms with E-state index >= 15 is 0 Å². The van der Waals surface area contributed by atoms with Crippen molar-refractivity contribution >= 4 is 10.9 Å². The molecule has 1 aromatic carbocycles. The summed E-state index contributed by atoms with van der Waals surface area (Å²) in [5.41, 5.74) is 2.27. The fourth-order valence-corrected chi connectivity index (χ4v) is 2.12. The van der Waals surface area contributed by atoms with Gasteiger partial charge >= 0.3 is 0 Å². The number of nitrogens with zero attached hydrogens (tertiary/aromatic N) is 1. The highest BCUT2D eigenvalue weighted by Crippen LogP contribution is 2.13. The first kappa shape index (κ1) is 12.1. The molecule has 1 unspecified atom stereocenters. The topological polar surface area (TPSA) is 24.9 Å². The van der Waals surface area contributed by atoms with E-state index in [9.17, 15) is 0 Å². The zero-order valence-corrected chi connectivity index (χ0v) is 10.6. The lowest BCUT2D eigenvalue weighted by Gasteiger charge is -2.15. The summed E-state index contributed by atoms with van der Waals surface area (Å²) in [4.78, 5) is 4.71. The number of fused-ring (bicyclic) bond motifs is 1. The number of aromatic nitrogens is 1. The molecule has 0 saturated carbocycles. The average molecular weight is 228 g/mol. The van der Waals surface area contributed by atoms with Crippen molar-refractivity contribution in [1.29, 1.82) is 0 Å². The van der Waals surface area contributed by atoms with Crippen molar-refractivity contribution in [3.8, 4) is 0 Å². The van der Waals surface area contributed by atoms with Gasteiger partial charge in [-0.15, -0.1) is 0 Å². The number of nitrogens with one attached hydrogen (secondary N) is 1. The molecule has 1 N–H and O–H groups in total. The Morgan fingerprint density at radius 3 is 2.71 bits per heavy atom. The van der Waals surface area contributed by atoms with Crippen LogP contribution in [0.3, 0.4) is 0 Å². The Kier molecular flexibility index (Phi) is 4.10. The number of hydrogen-bond acceptors (Lipinski definition) is 2. The van der Waals surface area contributed by atoms with Gasteiger partial charge < -0.3 is 5.32 Å². The van der Waals surface area contributed by atoms with Crippen LogP contribution in [-0.4, -0.2) is 17.6 Å². The molecular formula is C15H20N2. The second-order valence-corrected chi connectivity index (χ2v) is 4.36. The zero-order valence-electron chi connectivity index (χ0n) is 10.6. The fraction of sp³-hybridized carbons (Fsp3) is 0.400. The maximum absolute atomic E-state index is 4.71. The normalized spacial score (nSPS) is 12.8. The lowest BCUT2D eigenvalue weighted by Crippen LogP contribution is -2.30. The largest absolute Gasteiger partial charge is 0.314 e. The van der Waals surface area contributed by atoms with E-state index in [1.807, 2.05) is 6.07 Å². The lowest BCUT2D eigenvalue weighted by molar-refractivity contribution is 0.506. The summed E-state index contributed by atoms with van der Waals surface area (Å²) in [6.45, 7) is 5.39. The second-order valence-electron chi connectivity index (χ2n) is 4.36. The van der Waals surface area contributed by atoms with E-state index in [0.717, 1.165) is 24.9 Å². The summed E-state index contributed by atoms with van der Waals surface area (Å²) in [5, 5.41) is 4.70. The Bertz CT molecular complexity index is 479. The van der Waals surface area contributed by atoms with Crippen LogP contribution in [0.15, 0.2) is 36.4 Å². The van der Waals surface area contributed by atoms with Crippen molar-refractivity contribution < 1.29 is 0 Å². The molecule has 0 spiro atoms. The van der Waals surface area contributed by atoms with E-state index in [2.05, 4.69) is 49.5 Å². The molecule has 0 radical (unpaired) electrons. The number of para-hydroxylation sites is 1. The van der Waals surface area contributed by atoms with Gasteiger partial charge in [-0.2, -0.15) is 0 Å². The van der Waals surface area contributed by atoms with Gasteiger partial charge in [-0.25, -0.2) is 0 Å². The van der Waals surface area contributed by atoms with Crippen molar-refractivity contribution in [2.45, 2.75) is 32.7 Å². The SMILES string of the molecule is CCNC(CC)Cc1ccc2ccccc2n1. The number of pyridine rings is 1. The van der Waals surface area contributed by atoms with Crippen molar-refractivity contribution in [1.82, 2.24) is 10.3 Å². The minimum Gasteiger partial charge on any atom is -0.314 e. The molecule has 0 aliphatic carbocycles. The summed E-state index contributed by atoms with van der Waals surface area (Å²) >= 11 is 0. The maximum atomic E-state index is 4.71. The monoisotopic (exact) mass is 228 g/mol. The zero-order chi connectivity index (χ0) is 12.1. The Labute approximate surface area is 103 Å². The molecule has 0 bridgehead atoms. The molecule has 1 heterocycles. The van der Waals surface area contributed by atoms with Crippen LogP contribution >= 0.6 is 0 Å². The predicted octanol–water partition coefficient (Wildman–Crippen LogP) is 3.17. The number of hydrogen-bond donors (Lipinski definition) is 1. The van der Waals surface area contributed by atoms with Gasteiger partial charge in [0.05, 0.1) is 5.52 Å². The van der Waals surface area contributed by atoms with Crippen LogP contribution < -0.4 is 5.32 Å². The van der Waals surface area contributed by atoms with E-state index in [0.29, 0.717) is 6.04 Å². The Morgan fingerprint density at radius 2 is 1.94 bits per heavy atom. The van der Waals surface area contributed by atoms with Gasteiger partial charge in [0.2, 0.25) is 0 Å². The van der Waals surface area contributed by atoms with Crippen molar-refractivity contribution in [2.24, 2.45) is 0 Å². The van der Waals surface area contributed by atoms with Gasteiger partial charge in [0.1, 0.15) is 0 Å². The molecule has 0 fully saturated rings. The molecule has 0 amide bonds. The number of benzene rings is 1. The van der Waals surface area contributed by atoms with Gasteiger partial charge in [0, 0.05) is 23.5 Å². The molecule has 2 rings (SSSR count). The third-order valence-corrected chi connectivity index (χ3v) is 3.10. The number of likely N-dealkylation sites (N-methyl/N-ethyl adjacent to an activating group) is 1. The predicted molar refractivity (Wildman–Crippen MR) is 73.2 cm³/mol. The Morgan fingerprint density at radius 1 is 1.12 bits per heavy atom. The van der Waals surface area contributed by atoms with Gasteiger partial charge in [-0.1, -0.05) is 38.1 Å². The molecule has 2 nitrogen and oxygen atoms in total. The molecule has 2 aromatic rings. The molecule has 2 heteroatoms. The summed E-state index contributed by atoms with van der Waals surface area (Å²) in [6, 6.07) is 13.1. The fourth-order valence-electron chi connectivity index (χ4n) is 2.12. The summed E-state index contributed by atoms with van der Waals surface area (Å²) in [7, 11) is 0. The van der Waals surface area contributed by atoms with Gasteiger partial charge in [-0.3, -0.25) is 4.98 Å². The smallest absolute Gasteiger partial charge is 0.0705 e. The summed E-state index contributed by atoms with van der Waals surface area (Å²) in [5.74, 6) is 0. The molecular weight excluding hydrogens is 208 g/mol. The van der Waals surface area contributed by atoms with E-state index in [1.54, 1.807) is 0 Å². The Balaban J connectivity index is 2.18. The van der Waals surface area contributed by atoms with E-state index in [-0.39, 0.29) is 0 Å². The number of rotatable bonds is 5. The van der Waals surface area contributed by atoms with Crippen molar-refractivity contribution in [3.05, 3.63) is 42.1 Å². The van der Waals surface area contributed by atoms with E-state index < -0.39 is 0 Å². The van der Waals surface area contributed by atoms with Crippen LogP contribution in [0.2, 0.25) is 0 Å². The summed E-state index contributed by atoms with van der Waals surface area (Å²) in [6.07, 6.45) is 2.15. The highest BCUT2D eigenvalue weighted by Gasteiger charge is 2.07.